The molecule has 0 heterocycles. The maximum Gasteiger partial charge on any atom is -0.0317 e. The quantitative estimate of drug-likeness (QED) is 0.501. The van der Waals surface area contributed by atoms with Crippen molar-refractivity contribution in [2.24, 2.45) is 0 Å². The number of rotatable bonds is 1. The van der Waals surface area contributed by atoms with E-state index in [-0.39, 0.29) is 0 Å². The Hall–Kier alpha value is -0.520. The van der Waals surface area contributed by atoms with Gasteiger partial charge in [-0.25, -0.2) is 0 Å². The highest BCUT2D eigenvalue weighted by atomic mass is 14.1. The topological polar surface area (TPSA) is 0 Å². The first-order valence-corrected chi connectivity index (χ1v) is 3.74. The van der Waals surface area contributed by atoms with Gasteiger partial charge >= 0.3 is 0 Å². The molecule has 0 aliphatic heterocycles. The van der Waals surface area contributed by atoms with Crippen LogP contribution < -0.4 is 0 Å². The van der Waals surface area contributed by atoms with Crippen molar-refractivity contribution in [1.29, 1.82) is 0 Å². The van der Waals surface area contributed by atoms with E-state index >= 15 is 0 Å². The molecule has 0 amide bonds. The summed E-state index contributed by atoms with van der Waals surface area (Å²) in [5.74, 6) is 0. The third-order valence-electron chi connectivity index (χ3n) is 1.77. The fourth-order valence-electron chi connectivity index (χ4n) is 1.23. The summed E-state index contributed by atoms with van der Waals surface area (Å²) in [7, 11) is 0. The van der Waals surface area contributed by atoms with Crippen molar-refractivity contribution in [3.05, 3.63) is 23.8 Å². The molecule has 1 aliphatic rings. The molecule has 0 atom stereocenters. The van der Waals surface area contributed by atoms with Crippen molar-refractivity contribution in [3.8, 4) is 0 Å². The third kappa shape index (κ3) is 2.05. The number of hydrogen-bond acceptors (Lipinski definition) is 0. The van der Waals surface area contributed by atoms with Crippen molar-refractivity contribution < 1.29 is 0 Å². The van der Waals surface area contributed by atoms with Crippen LogP contribution in [0.3, 0.4) is 0 Å². The Kier molecular flexibility index (Phi) is 2.56. The van der Waals surface area contributed by atoms with E-state index in [9.17, 15) is 0 Å². The van der Waals surface area contributed by atoms with Gasteiger partial charge in [0, 0.05) is 0 Å². The Morgan fingerprint density at radius 3 is 2.44 bits per heavy atom. The molecule has 1 fully saturated rings. The standard InChI is InChI=1S/C9H14/c1-2-3-6-9-7-4-5-8-9/h2-3,6H,4-5,7-8H2,1H3/b3-2-. The molecular formula is C9H14. The van der Waals surface area contributed by atoms with Crippen LogP contribution in [0.1, 0.15) is 32.6 Å². The molecule has 1 rings (SSSR count). The van der Waals surface area contributed by atoms with E-state index in [1.54, 1.807) is 5.57 Å². The highest BCUT2D eigenvalue weighted by Gasteiger charge is 2.03. The van der Waals surface area contributed by atoms with Crippen LogP contribution in [0.4, 0.5) is 0 Å². The van der Waals surface area contributed by atoms with Gasteiger partial charge in [0.2, 0.25) is 0 Å². The lowest BCUT2D eigenvalue weighted by Crippen LogP contribution is -1.67. The molecule has 9 heavy (non-hydrogen) atoms. The van der Waals surface area contributed by atoms with Gasteiger partial charge in [0.25, 0.3) is 0 Å². The molecule has 0 aromatic carbocycles. The van der Waals surface area contributed by atoms with E-state index in [1.165, 1.54) is 25.7 Å². The van der Waals surface area contributed by atoms with Crippen LogP contribution in [0.2, 0.25) is 0 Å². The minimum atomic E-state index is 1.34. The molecular weight excluding hydrogens is 108 g/mol. The zero-order valence-electron chi connectivity index (χ0n) is 6.06. The molecule has 0 saturated heterocycles. The summed E-state index contributed by atoms with van der Waals surface area (Å²) in [6.07, 6.45) is 12.0. The first-order chi connectivity index (χ1) is 4.43. The van der Waals surface area contributed by atoms with Crippen LogP contribution in [0.25, 0.3) is 0 Å². The minimum absolute atomic E-state index is 1.34. The molecule has 0 unspecified atom stereocenters. The Morgan fingerprint density at radius 1 is 1.22 bits per heavy atom. The summed E-state index contributed by atoms with van der Waals surface area (Å²) in [6, 6.07) is 0. The Labute approximate surface area is 57.3 Å². The van der Waals surface area contributed by atoms with Gasteiger partial charge in [-0.05, 0) is 32.6 Å². The maximum absolute atomic E-state index is 2.26. The molecule has 1 aliphatic carbocycles. The molecule has 0 spiro atoms. The van der Waals surface area contributed by atoms with Gasteiger partial charge in [-0.1, -0.05) is 23.8 Å². The normalized spacial score (nSPS) is 19.4. The average Bonchev–Trinajstić information content (AvgIpc) is 2.34. The summed E-state index contributed by atoms with van der Waals surface area (Å²) in [5.41, 5.74) is 1.63. The van der Waals surface area contributed by atoms with Crippen molar-refractivity contribution in [2.45, 2.75) is 32.6 Å². The minimum Gasteiger partial charge on any atom is -0.0877 e. The summed E-state index contributed by atoms with van der Waals surface area (Å²) in [6.45, 7) is 2.06. The molecule has 0 aromatic heterocycles. The second kappa shape index (κ2) is 3.49. The van der Waals surface area contributed by atoms with Gasteiger partial charge in [-0.15, -0.1) is 0 Å². The zero-order valence-corrected chi connectivity index (χ0v) is 6.06. The van der Waals surface area contributed by atoms with Crippen LogP contribution >= 0.6 is 0 Å². The van der Waals surface area contributed by atoms with Gasteiger partial charge in [0.15, 0.2) is 0 Å². The predicted molar refractivity (Wildman–Crippen MR) is 41.4 cm³/mol. The first kappa shape index (κ1) is 6.60. The number of hydrogen-bond donors (Lipinski definition) is 0. The van der Waals surface area contributed by atoms with Crippen LogP contribution in [0.5, 0.6) is 0 Å². The van der Waals surface area contributed by atoms with Crippen molar-refractivity contribution in [3.63, 3.8) is 0 Å². The summed E-state index contributed by atoms with van der Waals surface area (Å²) < 4.78 is 0. The van der Waals surface area contributed by atoms with Gasteiger partial charge in [0.1, 0.15) is 0 Å². The molecule has 0 radical (unpaired) electrons. The lowest BCUT2D eigenvalue weighted by molar-refractivity contribution is 0.886. The van der Waals surface area contributed by atoms with Gasteiger partial charge in [0.05, 0.1) is 0 Å². The number of allylic oxidation sites excluding steroid dienone is 4. The lowest BCUT2D eigenvalue weighted by atomic mass is 10.2. The smallest absolute Gasteiger partial charge is 0.0317 e. The Morgan fingerprint density at radius 2 is 1.89 bits per heavy atom. The largest absolute Gasteiger partial charge is 0.0877 e. The molecule has 1 saturated carbocycles. The molecule has 0 bridgehead atoms. The molecule has 50 valence electrons. The van der Waals surface area contributed by atoms with Gasteiger partial charge in [-0.2, -0.15) is 0 Å². The van der Waals surface area contributed by atoms with E-state index in [2.05, 4.69) is 25.2 Å². The van der Waals surface area contributed by atoms with Crippen LogP contribution in [0, 0.1) is 0 Å². The lowest BCUT2D eigenvalue weighted by Gasteiger charge is -1.87. The van der Waals surface area contributed by atoms with Gasteiger partial charge < -0.3 is 0 Å². The Balaban J connectivity index is 2.39. The highest BCUT2D eigenvalue weighted by molar-refractivity contribution is 5.14. The average molecular weight is 122 g/mol. The van der Waals surface area contributed by atoms with Crippen LogP contribution in [0.15, 0.2) is 23.8 Å². The SMILES string of the molecule is C/C=C\C=C1CCCC1. The van der Waals surface area contributed by atoms with Gasteiger partial charge in [-0.3, -0.25) is 0 Å². The second-order valence-corrected chi connectivity index (χ2v) is 2.56. The summed E-state index contributed by atoms with van der Waals surface area (Å²) in [4.78, 5) is 0. The highest BCUT2D eigenvalue weighted by Crippen LogP contribution is 2.23. The predicted octanol–water partition coefficient (Wildman–Crippen LogP) is 3.06. The monoisotopic (exact) mass is 122 g/mol. The van der Waals surface area contributed by atoms with Crippen molar-refractivity contribution in [2.75, 3.05) is 0 Å². The first-order valence-electron chi connectivity index (χ1n) is 3.74. The summed E-state index contributed by atoms with van der Waals surface area (Å²) >= 11 is 0. The zero-order chi connectivity index (χ0) is 6.53. The summed E-state index contributed by atoms with van der Waals surface area (Å²) in [5, 5.41) is 0. The molecule has 0 nitrogen and oxygen atoms in total. The van der Waals surface area contributed by atoms with E-state index in [1.807, 2.05) is 0 Å². The van der Waals surface area contributed by atoms with E-state index < -0.39 is 0 Å². The second-order valence-electron chi connectivity index (χ2n) is 2.56. The van der Waals surface area contributed by atoms with Crippen LogP contribution in [-0.2, 0) is 0 Å². The molecule has 0 N–H and O–H groups in total. The van der Waals surface area contributed by atoms with Crippen molar-refractivity contribution >= 4 is 0 Å². The Bertz CT molecular complexity index is 121. The van der Waals surface area contributed by atoms with E-state index in [4.69, 9.17) is 0 Å². The fourth-order valence-corrected chi connectivity index (χ4v) is 1.23. The molecule has 0 aromatic rings. The molecule has 0 heteroatoms. The maximum atomic E-state index is 2.26. The fraction of sp³-hybridized carbons (Fsp3) is 0.556. The van der Waals surface area contributed by atoms with Crippen LogP contribution in [-0.4, -0.2) is 0 Å². The van der Waals surface area contributed by atoms with Crippen molar-refractivity contribution in [1.82, 2.24) is 0 Å². The van der Waals surface area contributed by atoms with E-state index in [0.717, 1.165) is 0 Å². The van der Waals surface area contributed by atoms with E-state index in [0.29, 0.717) is 0 Å². The third-order valence-corrected chi connectivity index (χ3v) is 1.77.